The molecule has 88 valence electrons. The summed E-state index contributed by atoms with van der Waals surface area (Å²) in [6.45, 7) is 10.2. The van der Waals surface area contributed by atoms with Gasteiger partial charge in [0.25, 0.3) is 0 Å². The smallest absolute Gasteiger partial charge is 0.163 e. The molecule has 3 nitrogen and oxygen atoms in total. The zero-order chi connectivity index (χ0) is 11.5. The third-order valence-corrected chi connectivity index (χ3v) is 2.82. The zero-order valence-corrected chi connectivity index (χ0v) is 9.90. The molecule has 0 aromatic rings. The Morgan fingerprint density at radius 2 is 2.27 bits per heavy atom. The van der Waals surface area contributed by atoms with Crippen molar-refractivity contribution in [1.82, 2.24) is 0 Å². The Morgan fingerprint density at radius 1 is 1.60 bits per heavy atom. The maximum Gasteiger partial charge on any atom is 0.163 e. The van der Waals surface area contributed by atoms with E-state index in [2.05, 4.69) is 6.58 Å². The average Bonchev–Trinajstić information content (AvgIpc) is 2.14. The summed E-state index contributed by atoms with van der Waals surface area (Å²) in [5.74, 6) is -0.403. The molecule has 0 spiro atoms. The fourth-order valence-electron chi connectivity index (χ4n) is 1.74. The van der Waals surface area contributed by atoms with Crippen molar-refractivity contribution in [3.63, 3.8) is 0 Å². The Labute approximate surface area is 92.1 Å². The highest BCUT2D eigenvalue weighted by Crippen LogP contribution is 2.25. The summed E-state index contributed by atoms with van der Waals surface area (Å²) in [7, 11) is 0. The fourth-order valence-corrected chi connectivity index (χ4v) is 1.74. The molecule has 1 saturated heterocycles. The molecule has 1 rings (SSSR count). The van der Waals surface area contributed by atoms with Gasteiger partial charge in [0.05, 0.1) is 18.8 Å². The minimum absolute atomic E-state index is 0.0890. The highest BCUT2D eigenvalue weighted by atomic mass is 16.7. The topological polar surface area (TPSA) is 38.7 Å². The van der Waals surface area contributed by atoms with E-state index in [0.717, 1.165) is 6.42 Å². The molecule has 1 N–H and O–H groups in total. The lowest BCUT2D eigenvalue weighted by Gasteiger charge is -2.37. The lowest BCUT2D eigenvalue weighted by atomic mass is 9.97. The molecule has 15 heavy (non-hydrogen) atoms. The molecular weight excluding hydrogens is 192 g/mol. The van der Waals surface area contributed by atoms with Crippen LogP contribution in [0.15, 0.2) is 12.7 Å². The van der Waals surface area contributed by atoms with Gasteiger partial charge in [-0.25, -0.2) is 0 Å². The summed E-state index contributed by atoms with van der Waals surface area (Å²) in [5.41, 5.74) is 0. The van der Waals surface area contributed by atoms with Crippen LogP contribution < -0.4 is 0 Å². The molecule has 0 aromatic heterocycles. The van der Waals surface area contributed by atoms with Crippen LogP contribution in [0, 0.1) is 5.92 Å². The predicted molar refractivity (Wildman–Crippen MR) is 59.5 cm³/mol. The maximum atomic E-state index is 9.85. The number of ether oxygens (including phenoxy) is 2. The Balaban J connectivity index is 2.41. The third kappa shape index (κ3) is 3.93. The van der Waals surface area contributed by atoms with Gasteiger partial charge in [-0.3, -0.25) is 0 Å². The van der Waals surface area contributed by atoms with E-state index in [1.165, 1.54) is 0 Å². The van der Waals surface area contributed by atoms with Gasteiger partial charge in [0.1, 0.15) is 0 Å². The molecule has 3 atom stereocenters. The van der Waals surface area contributed by atoms with Gasteiger partial charge in [0, 0.05) is 6.42 Å². The second-order valence-electron chi connectivity index (χ2n) is 4.67. The van der Waals surface area contributed by atoms with Crippen LogP contribution in [0.2, 0.25) is 0 Å². The first-order valence-corrected chi connectivity index (χ1v) is 5.57. The first-order valence-electron chi connectivity index (χ1n) is 5.57. The van der Waals surface area contributed by atoms with Crippen molar-refractivity contribution >= 4 is 0 Å². The fraction of sp³-hybridized carbons (Fsp3) is 0.833. The second kappa shape index (κ2) is 5.10. The van der Waals surface area contributed by atoms with Gasteiger partial charge in [-0.2, -0.15) is 0 Å². The first kappa shape index (κ1) is 12.7. The Kier molecular flexibility index (Phi) is 4.32. The van der Waals surface area contributed by atoms with Gasteiger partial charge < -0.3 is 14.6 Å². The summed E-state index contributed by atoms with van der Waals surface area (Å²) in [5, 5.41) is 9.85. The van der Waals surface area contributed by atoms with Crippen molar-refractivity contribution < 1.29 is 14.6 Å². The van der Waals surface area contributed by atoms with E-state index in [1.54, 1.807) is 6.08 Å². The number of rotatable bonds is 4. The molecule has 0 amide bonds. The quantitative estimate of drug-likeness (QED) is 0.728. The van der Waals surface area contributed by atoms with Crippen LogP contribution in [0.25, 0.3) is 0 Å². The van der Waals surface area contributed by atoms with Crippen molar-refractivity contribution in [3.05, 3.63) is 12.7 Å². The first-order chi connectivity index (χ1) is 6.94. The lowest BCUT2D eigenvalue weighted by Crippen LogP contribution is -2.41. The molecule has 1 aliphatic heterocycles. The van der Waals surface area contributed by atoms with Crippen LogP contribution in [0.4, 0.5) is 0 Å². The predicted octanol–water partition coefficient (Wildman–Crippen LogP) is 2.10. The summed E-state index contributed by atoms with van der Waals surface area (Å²) in [6, 6.07) is 0. The van der Waals surface area contributed by atoms with E-state index in [9.17, 15) is 5.11 Å². The van der Waals surface area contributed by atoms with Crippen LogP contribution >= 0.6 is 0 Å². The van der Waals surface area contributed by atoms with Gasteiger partial charge >= 0.3 is 0 Å². The van der Waals surface area contributed by atoms with Gasteiger partial charge in [0.2, 0.25) is 0 Å². The molecule has 0 radical (unpaired) electrons. The van der Waals surface area contributed by atoms with Gasteiger partial charge in [0.15, 0.2) is 5.79 Å². The molecule has 0 aliphatic carbocycles. The Bertz CT molecular complexity index is 213. The normalized spacial score (nSPS) is 29.5. The summed E-state index contributed by atoms with van der Waals surface area (Å²) >= 11 is 0. The maximum absolute atomic E-state index is 9.85. The zero-order valence-electron chi connectivity index (χ0n) is 9.90. The van der Waals surface area contributed by atoms with Gasteiger partial charge in [-0.05, 0) is 26.2 Å². The van der Waals surface area contributed by atoms with Gasteiger partial charge in [-0.15, -0.1) is 6.58 Å². The lowest BCUT2D eigenvalue weighted by molar-refractivity contribution is -0.277. The number of hydrogen-bond acceptors (Lipinski definition) is 3. The molecule has 0 saturated carbocycles. The average molecular weight is 214 g/mol. The van der Waals surface area contributed by atoms with Crippen LogP contribution in [0.5, 0.6) is 0 Å². The highest BCUT2D eigenvalue weighted by molar-refractivity contribution is 4.83. The molecule has 0 unspecified atom stereocenters. The van der Waals surface area contributed by atoms with E-state index < -0.39 is 5.79 Å². The molecule has 0 aromatic carbocycles. The number of aliphatic hydroxyl groups excluding tert-OH is 1. The largest absolute Gasteiger partial charge is 0.392 e. The minimum Gasteiger partial charge on any atom is -0.392 e. The van der Waals surface area contributed by atoms with Crippen molar-refractivity contribution in [2.45, 2.75) is 51.6 Å². The van der Waals surface area contributed by atoms with E-state index in [0.29, 0.717) is 13.0 Å². The minimum atomic E-state index is -0.514. The molecule has 1 heterocycles. The molecule has 1 aliphatic rings. The summed E-state index contributed by atoms with van der Waals surface area (Å²) in [6.07, 6.45) is 2.99. The van der Waals surface area contributed by atoms with Crippen LogP contribution in [-0.2, 0) is 9.47 Å². The van der Waals surface area contributed by atoms with Crippen LogP contribution in [0.1, 0.15) is 33.6 Å². The van der Waals surface area contributed by atoms with Crippen molar-refractivity contribution in [1.29, 1.82) is 0 Å². The van der Waals surface area contributed by atoms with Crippen molar-refractivity contribution in [3.8, 4) is 0 Å². The van der Waals surface area contributed by atoms with Crippen molar-refractivity contribution in [2.75, 3.05) is 6.61 Å². The number of aliphatic hydroxyl groups is 1. The van der Waals surface area contributed by atoms with E-state index >= 15 is 0 Å². The monoisotopic (exact) mass is 214 g/mol. The third-order valence-electron chi connectivity index (χ3n) is 2.82. The van der Waals surface area contributed by atoms with E-state index in [4.69, 9.17) is 9.47 Å². The second-order valence-corrected chi connectivity index (χ2v) is 4.67. The SMILES string of the molecule is C=C[C@@H](C)[C@@H](O)C[C@@H]1CCOC(C)(C)O1. The number of hydrogen-bond donors (Lipinski definition) is 1. The van der Waals surface area contributed by atoms with Crippen molar-refractivity contribution in [2.24, 2.45) is 5.92 Å². The molecular formula is C12H22O3. The van der Waals surface area contributed by atoms with E-state index in [-0.39, 0.29) is 18.1 Å². The van der Waals surface area contributed by atoms with E-state index in [1.807, 2.05) is 20.8 Å². The molecule has 1 fully saturated rings. The van der Waals surface area contributed by atoms with Crippen LogP contribution in [0.3, 0.4) is 0 Å². The highest BCUT2D eigenvalue weighted by Gasteiger charge is 2.31. The van der Waals surface area contributed by atoms with Crippen LogP contribution in [-0.4, -0.2) is 29.7 Å². The molecule has 3 heteroatoms. The van der Waals surface area contributed by atoms with Gasteiger partial charge in [-0.1, -0.05) is 13.0 Å². The Hall–Kier alpha value is -0.380. The molecule has 0 bridgehead atoms. The Morgan fingerprint density at radius 3 is 2.80 bits per heavy atom. The standard InChI is InChI=1S/C12H22O3/c1-5-9(2)11(13)8-10-6-7-14-12(3,4)15-10/h5,9-11,13H,1,6-8H2,2-4H3/t9-,10+,11+/m1/s1. The summed E-state index contributed by atoms with van der Waals surface area (Å²) in [4.78, 5) is 0. The summed E-state index contributed by atoms with van der Waals surface area (Å²) < 4.78 is 11.2.